The lowest BCUT2D eigenvalue weighted by Crippen LogP contribution is -2.43. The second-order valence-corrected chi connectivity index (χ2v) is 6.29. The summed E-state index contributed by atoms with van der Waals surface area (Å²) in [4.78, 5) is 47.5. The second-order valence-electron chi connectivity index (χ2n) is 6.29. The summed E-state index contributed by atoms with van der Waals surface area (Å²) in [6.45, 7) is -1.46. The molecule has 0 aromatic heterocycles. The molecule has 0 aliphatic carbocycles. The predicted molar refractivity (Wildman–Crippen MR) is 108 cm³/mol. The van der Waals surface area contributed by atoms with Crippen molar-refractivity contribution >= 4 is 29.4 Å². The van der Waals surface area contributed by atoms with E-state index in [-0.39, 0.29) is 23.6 Å². The maximum atomic E-state index is 12.7. The number of rotatable bonds is 10. The van der Waals surface area contributed by atoms with E-state index in [9.17, 15) is 23.6 Å². The molecule has 0 saturated heterocycles. The second kappa shape index (κ2) is 11.3. The third-order valence-corrected chi connectivity index (χ3v) is 4.14. The maximum absolute atomic E-state index is 12.7. The van der Waals surface area contributed by atoms with Crippen LogP contribution in [0.4, 0.5) is 14.9 Å². The van der Waals surface area contributed by atoms with Crippen molar-refractivity contribution in [1.29, 1.82) is 0 Å². The average Bonchev–Trinajstić information content (AvgIpc) is 2.77. The minimum Gasteiger partial charge on any atom is -0.495 e. The van der Waals surface area contributed by atoms with Gasteiger partial charge in [0.05, 0.1) is 24.8 Å². The van der Waals surface area contributed by atoms with E-state index >= 15 is 0 Å². The number of methoxy groups -OCH3 is 1. The van der Waals surface area contributed by atoms with Crippen molar-refractivity contribution in [1.82, 2.24) is 5.32 Å². The Bertz CT molecular complexity index is 950. The molecule has 2 rings (SSSR count). The molecule has 1 atom stereocenters. The Hall–Kier alpha value is -3.95. The van der Waals surface area contributed by atoms with Gasteiger partial charge in [-0.25, -0.2) is 9.18 Å². The highest BCUT2D eigenvalue weighted by molar-refractivity contribution is 6.06. The first-order valence-electron chi connectivity index (χ1n) is 9.11. The standard InChI is InChI=1S/C21H21FN2O7/c1-30-17-9-5-8-14(20(28)23-15(10-18(26)27)16(25)11-22)19(17)24-21(29)31-12-13-6-3-2-4-7-13/h2-9,15H,10-12H2,1H3,(H,23,28)(H,24,29)(H,26,27). The Kier molecular flexibility index (Phi) is 8.50. The summed E-state index contributed by atoms with van der Waals surface area (Å²) in [6, 6.07) is 11.6. The van der Waals surface area contributed by atoms with E-state index in [1.165, 1.54) is 25.3 Å². The van der Waals surface area contributed by atoms with Gasteiger partial charge >= 0.3 is 12.1 Å². The number of anilines is 1. The number of alkyl halides is 1. The van der Waals surface area contributed by atoms with Crippen molar-refractivity contribution < 1.29 is 38.1 Å². The van der Waals surface area contributed by atoms with Crippen LogP contribution in [0, 0.1) is 0 Å². The van der Waals surface area contributed by atoms with Crippen LogP contribution in [0.3, 0.4) is 0 Å². The van der Waals surface area contributed by atoms with Gasteiger partial charge in [-0.15, -0.1) is 0 Å². The molecule has 0 saturated carbocycles. The Labute approximate surface area is 177 Å². The van der Waals surface area contributed by atoms with Gasteiger partial charge in [-0.1, -0.05) is 36.4 Å². The molecule has 9 nitrogen and oxygen atoms in total. The lowest BCUT2D eigenvalue weighted by Gasteiger charge is -2.18. The normalized spacial score (nSPS) is 11.2. The number of aliphatic carboxylic acids is 1. The number of carboxylic acids is 1. The highest BCUT2D eigenvalue weighted by Crippen LogP contribution is 2.29. The topological polar surface area (TPSA) is 131 Å². The van der Waals surface area contributed by atoms with Crippen LogP contribution in [0.25, 0.3) is 0 Å². The van der Waals surface area contributed by atoms with Gasteiger partial charge < -0.3 is 19.9 Å². The summed E-state index contributed by atoms with van der Waals surface area (Å²) in [7, 11) is 1.32. The molecule has 0 heterocycles. The van der Waals surface area contributed by atoms with Gasteiger partial charge in [0.25, 0.3) is 5.91 Å². The van der Waals surface area contributed by atoms with Crippen LogP contribution in [-0.4, -0.2) is 48.7 Å². The van der Waals surface area contributed by atoms with Crippen molar-refractivity contribution in [2.75, 3.05) is 19.1 Å². The molecular formula is C21H21FN2O7. The molecule has 0 aliphatic rings. The number of nitrogens with one attached hydrogen (secondary N) is 2. The molecule has 0 radical (unpaired) electrons. The van der Waals surface area contributed by atoms with Crippen LogP contribution < -0.4 is 15.4 Å². The van der Waals surface area contributed by atoms with Crippen molar-refractivity contribution in [2.24, 2.45) is 0 Å². The number of Topliss-reactive ketones (excluding diaryl/α,β-unsaturated/α-hetero) is 1. The molecule has 3 N–H and O–H groups in total. The largest absolute Gasteiger partial charge is 0.495 e. The zero-order chi connectivity index (χ0) is 22.8. The van der Waals surface area contributed by atoms with Gasteiger partial charge in [-0.05, 0) is 17.7 Å². The maximum Gasteiger partial charge on any atom is 0.412 e. The summed E-state index contributed by atoms with van der Waals surface area (Å²) < 4.78 is 23.1. The van der Waals surface area contributed by atoms with Crippen LogP contribution in [-0.2, 0) is 20.9 Å². The van der Waals surface area contributed by atoms with Crippen LogP contribution in [0.1, 0.15) is 22.3 Å². The summed E-state index contributed by atoms with van der Waals surface area (Å²) in [5.41, 5.74) is 0.567. The summed E-state index contributed by atoms with van der Waals surface area (Å²) >= 11 is 0. The smallest absolute Gasteiger partial charge is 0.412 e. The van der Waals surface area contributed by atoms with E-state index in [0.29, 0.717) is 0 Å². The first-order chi connectivity index (χ1) is 14.8. The highest BCUT2D eigenvalue weighted by Gasteiger charge is 2.26. The number of hydrogen-bond acceptors (Lipinski definition) is 6. The number of carbonyl (C=O) groups excluding carboxylic acids is 3. The number of amides is 2. The molecule has 31 heavy (non-hydrogen) atoms. The predicted octanol–water partition coefficient (Wildman–Crippen LogP) is 2.56. The zero-order valence-corrected chi connectivity index (χ0v) is 16.6. The third-order valence-electron chi connectivity index (χ3n) is 4.14. The van der Waals surface area contributed by atoms with Crippen LogP contribution in [0.2, 0.25) is 0 Å². The molecule has 2 aromatic rings. The molecule has 0 bridgehead atoms. The average molecular weight is 432 g/mol. The van der Waals surface area contributed by atoms with E-state index in [0.717, 1.165) is 5.56 Å². The summed E-state index contributed by atoms with van der Waals surface area (Å²) in [5.74, 6) is -3.25. The van der Waals surface area contributed by atoms with Crippen LogP contribution in [0.15, 0.2) is 48.5 Å². The molecule has 164 valence electrons. The van der Waals surface area contributed by atoms with Crippen LogP contribution in [0.5, 0.6) is 5.75 Å². The summed E-state index contributed by atoms with van der Waals surface area (Å²) in [5, 5.41) is 13.5. The Balaban J connectivity index is 2.19. The van der Waals surface area contributed by atoms with E-state index < -0.39 is 42.9 Å². The summed E-state index contributed by atoms with van der Waals surface area (Å²) in [6.07, 6.45) is -1.66. The SMILES string of the molecule is COc1cccc(C(=O)NC(CC(=O)O)C(=O)CF)c1NC(=O)OCc1ccccc1. The minimum atomic E-state index is -1.57. The molecule has 0 fully saturated rings. The van der Waals surface area contributed by atoms with Gasteiger partial charge in [0, 0.05) is 0 Å². The lowest BCUT2D eigenvalue weighted by molar-refractivity contribution is -0.139. The number of ketones is 1. The fraction of sp³-hybridized carbons (Fsp3) is 0.238. The van der Waals surface area contributed by atoms with Gasteiger partial charge in [-0.2, -0.15) is 0 Å². The number of benzene rings is 2. The molecule has 1 unspecified atom stereocenters. The molecule has 2 amide bonds. The molecule has 2 aromatic carbocycles. The van der Waals surface area contributed by atoms with Crippen molar-refractivity contribution in [2.45, 2.75) is 19.1 Å². The van der Waals surface area contributed by atoms with Crippen molar-refractivity contribution in [3.05, 3.63) is 59.7 Å². The van der Waals surface area contributed by atoms with E-state index in [4.69, 9.17) is 14.6 Å². The highest BCUT2D eigenvalue weighted by atomic mass is 19.1. The fourth-order valence-electron chi connectivity index (χ4n) is 2.63. The van der Waals surface area contributed by atoms with E-state index in [1.54, 1.807) is 24.3 Å². The number of ether oxygens (including phenoxy) is 2. The van der Waals surface area contributed by atoms with E-state index in [2.05, 4.69) is 10.6 Å². The van der Waals surface area contributed by atoms with Gasteiger partial charge in [0.2, 0.25) is 0 Å². The van der Waals surface area contributed by atoms with Crippen molar-refractivity contribution in [3.63, 3.8) is 0 Å². The molecule has 0 spiro atoms. The Morgan fingerprint density at radius 2 is 1.77 bits per heavy atom. The van der Waals surface area contributed by atoms with Crippen LogP contribution >= 0.6 is 0 Å². The monoisotopic (exact) mass is 432 g/mol. The number of para-hydroxylation sites is 1. The molecular weight excluding hydrogens is 411 g/mol. The quantitative estimate of drug-likeness (QED) is 0.526. The fourth-order valence-corrected chi connectivity index (χ4v) is 2.63. The molecule has 0 aliphatic heterocycles. The Morgan fingerprint density at radius 1 is 1.06 bits per heavy atom. The first kappa shape index (κ1) is 23.3. The van der Waals surface area contributed by atoms with Gasteiger partial charge in [-0.3, -0.25) is 19.7 Å². The third kappa shape index (κ3) is 6.81. The minimum absolute atomic E-state index is 0.0188. The zero-order valence-electron chi connectivity index (χ0n) is 16.6. The number of halogens is 1. The van der Waals surface area contributed by atoms with Gasteiger partial charge in [0.15, 0.2) is 5.78 Å². The number of carbonyl (C=O) groups is 4. The Morgan fingerprint density at radius 3 is 2.39 bits per heavy atom. The van der Waals surface area contributed by atoms with Gasteiger partial charge in [0.1, 0.15) is 25.1 Å². The first-order valence-corrected chi connectivity index (χ1v) is 9.11. The van der Waals surface area contributed by atoms with E-state index in [1.807, 2.05) is 6.07 Å². The van der Waals surface area contributed by atoms with Crippen molar-refractivity contribution in [3.8, 4) is 5.75 Å². The molecule has 10 heteroatoms. The number of hydrogen-bond donors (Lipinski definition) is 3. The number of carboxylic acid groups (broad SMARTS) is 1. The lowest BCUT2D eigenvalue weighted by atomic mass is 10.1.